The van der Waals surface area contributed by atoms with Crippen LogP contribution in [-0.4, -0.2) is 32.6 Å². The molecule has 0 spiro atoms. The van der Waals surface area contributed by atoms with Crippen molar-refractivity contribution in [3.63, 3.8) is 0 Å². The van der Waals surface area contributed by atoms with Gasteiger partial charge in [0, 0.05) is 18.7 Å². The van der Waals surface area contributed by atoms with E-state index in [1.807, 2.05) is 4.57 Å². The van der Waals surface area contributed by atoms with Gasteiger partial charge in [-0.1, -0.05) is 53.0 Å². The Hall–Kier alpha value is -2.45. The molecule has 0 radical (unpaired) electrons. The van der Waals surface area contributed by atoms with Crippen LogP contribution in [0, 0.1) is 11.7 Å². The zero-order chi connectivity index (χ0) is 22.9. The van der Waals surface area contributed by atoms with E-state index in [1.54, 1.807) is 36.5 Å². The maximum atomic E-state index is 14.3. The number of imidazole rings is 1. The van der Waals surface area contributed by atoms with Crippen molar-refractivity contribution >= 4 is 51.9 Å². The highest BCUT2D eigenvalue weighted by atomic mass is 35.5. The molecule has 4 aromatic rings. The molecular formula is C23H20Cl3FN6. The summed E-state index contributed by atoms with van der Waals surface area (Å²) in [5.41, 5.74) is 2.39. The molecule has 1 unspecified atom stereocenters. The highest BCUT2D eigenvalue weighted by Gasteiger charge is 2.23. The third kappa shape index (κ3) is 4.51. The van der Waals surface area contributed by atoms with Gasteiger partial charge in [0.15, 0.2) is 5.65 Å². The molecule has 0 saturated carbocycles. The maximum Gasteiger partial charge on any atom is 0.225 e. The second-order valence-corrected chi connectivity index (χ2v) is 9.19. The zero-order valence-corrected chi connectivity index (χ0v) is 19.7. The van der Waals surface area contributed by atoms with Crippen LogP contribution in [0.2, 0.25) is 15.1 Å². The molecule has 33 heavy (non-hydrogen) atoms. The molecule has 2 aromatic heterocycles. The highest BCUT2D eigenvalue weighted by molar-refractivity contribution is 6.39. The average molecular weight is 506 g/mol. The number of anilines is 1. The van der Waals surface area contributed by atoms with Crippen molar-refractivity contribution in [1.29, 1.82) is 0 Å². The van der Waals surface area contributed by atoms with Gasteiger partial charge in [-0.3, -0.25) is 0 Å². The standard InChI is InChI=1S/C23H20Cl3FN6/c24-15-4-2-5-16(25)19(15)22-31-18-11-30-23(29-10-14-3-1-6-17(26)20(14)27)32-21(18)33(22)12-13-7-8-28-9-13/h1-6,11,13,28H,7-10,12H2,(H,29,30,32). The van der Waals surface area contributed by atoms with Crippen molar-refractivity contribution in [1.82, 2.24) is 24.8 Å². The summed E-state index contributed by atoms with van der Waals surface area (Å²) in [4.78, 5) is 13.8. The first kappa shape index (κ1) is 22.3. The lowest BCUT2D eigenvalue weighted by Gasteiger charge is -2.15. The van der Waals surface area contributed by atoms with Gasteiger partial charge in [0.2, 0.25) is 5.95 Å². The first-order chi connectivity index (χ1) is 16.0. The van der Waals surface area contributed by atoms with E-state index in [2.05, 4.69) is 15.6 Å². The lowest BCUT2D eigenvalue weighted by Crippen LogP contribution is -2.16. The van der Waals surface area contributed by atoms with Crippen LogP contribution in [0.3, 0.4) is 0 Å². The summed E-state index contributed by atoms with van der Waals surface area (Å²) in [5, 5.41) is 7.60. The normalized spacial score (nSPS) is 15.9. The SMILES string of the molecule is Fc1c(Cl)cccc1CNc1ncc2nc(-c3c(Cl)cccc3Cl)n(CC3CCNC3)c2n1. The van der Waals surface area contributed by atoms with E-state index in [9.17, 15) is 4.39 Å². The van der Waals surface area contributed by atoms with Crippen molar-refractivity contribution in [2.45, 2.75) is 19.5 Å². The summed E-state index contributed by atoms with van der Waals surface area (Å²) in [6.07, 6.45) is 2.70. The summed E-state index contributed by atoms with van der Waals surface area (Å²) < 4.78 is 16.3. The first-order valence-corrected chi connectivity index (χ1v) is 11.7. The fourth-order valence-electron chi connectivity index (χ4n) is 4.07. The number of benzene rings is 2. The van der Waals surface area contributed by atoms with Crippen molar-refractivity contribution < 1.29 is 4.39 Å². The van der Waals surface area contributed by atoms with E-state index in [0.717, 1.165) is 19.5 Å². The Balaban J connectivity index is 1.55. The molecule has 1 aliphatic rings. The van der Waals surface area contributed by atoms with E-state index in [4.69, 9.17) is 44.8 Å². The molecule has 0 aliphatic carbocycles. The lowest BCUT2D eigenvalue weighted by molar-refractivity contribution is 0.490. The number of hydrogen-bond acceptors (Lipinski definition) is 5. The second-order valence-electron chi connectivity index (χ2n) is 7.97. The number of hydrogen-bond donors (Lipinski definition) is 2. The van der Waals surface area contributed by atoms with Crippen LogP contribution in [0.15, 0.2) is 42.6 Å². The Bertz CT molecular complexity index is 1300. The third-order valence-electron chi connectivity index (χ3n) is 5.75. The average Bonchev–Trinajstić information content (AvgIpc) is 3.43. The second kappa shape index (κ2) is 9.43. The minimum atomic E-state index is -0.456. The lowest BCUT2D eigenvalue weighted by atomic mass is 10.1. The summed E-state index contributed by atoms with van der Waals surface area (Å²) >= 11 is 18.9. The fourth-order valence-corrected chi connectivity index (χ4v) is 4.83. The maximum absolute atomic E-state index is 14.3. The molecule has 1 aliphatic heterocycles. The van der Waals surface area contributed by atoms with Gasteiger partial charge in [-0.05, 0) is 43.6 Å². The van der Waals surface area contributed by atoms with Crippen LogP contribution >= 0.6 is 34.8 Å². The number of rotatable bonds is 6. The summed E-state index contributed by atoms with van der Waals surface area (Å²) in [5.74, 6) is 0.987. The number of nitrogens with zero attached hydrogens (tertiary/aromatic N) is 4. The van der Waals surface area contributed by atoms with Crippen LogP contribution in [0.1, 0.15) is 12.0 Å². The molecule has 3 heterocycles. The van der Waals surface area contributed by atoms with Crippen molar-refractivity contribution in [2.75, 3.05) is 18.4 Å². The monoisotopic (exact) mass is 504 g/mol. The Kier molecular flexibility index (Phi) is 6.38. The van der Waals surface area contributed by atoms with E-state index >= 15 is 0 Å². The van der Waals surface area contributed by atoms with Crippen molar-refractivity contribution in [3.05, 3.63) is 69.0 Å². The van der Waals surface area contributed by atoms with Gasteiger partial charge >= 0.3 is 0 Å². The van der Waals surface area contributed by atoms with Crippen LogP contribution in [0.5, 0.6) is 0 Å². The summed E-state index contributed by atoms with van der Waals surface area (Å²) in [6, 6.07) is 10.3. The van der Waals surface area contributed by atoms with Crippen LogP contribution in [0.4, 0.5) is 10.3 Å². The van der Waals surface area contributed by atoms with Gasteiger partial charge in [0.25, 0.3) is 0 Å². The molecule has 2 N–H and O–H groups in total. The molecule has 5 rings (SSSR count). The van der Waals surface area contributed by atoms with Gasteiger partial charge in [-0.2, -0.15) is 4.98 Å². The van der Waals surface area contributed by atoms with Crippen molar-refractivity contribution in [2.24, 2.45) is 5.92 Å². The highest BCUT2D eigenvalue weighted by Crippen LogP contribution is 2.36. The zero-order valence-electron chi connectivity index (χ0n) is 17.5. The van der Waals surface area contributed by atoms with E-state index in [0.29, 0.717) is 56.6 Å². The molecule has 10 heteroatoms. The van der Waals surface area contributed by atoms with E-state index in [-0.39, 0.29) is 11.6 Å². The molecule has 2 aromatic carbocycles. The summed E-state index contributed by atoms with van der Waals surface area (Å²) in [6.45, 7) is 2.80. The number of halogens is 4. The number of fused-ring (bicyclic) bond motifs is 1. The number of nitrogens with one attached hydrogen (secondary N) is 2. The van der Waals surface area contributed by atoms with Gasteiger partial charge in [0.1, 0.15) is 17.2 Å². The van der Waals surface area contributed by atoms with Crippen molar-refractivity contribution in [3.8, 4) is 11.4 Å². The third-order valence-corrected chi connectivity index (χ3v) is 6.67. The molecular weight excluding hydrogens is 486 g/mol. The predicted molar refractivity (Wildman–Crippen MR) is 130 cm³/mol. The molecule has 1 saturated heterocycles. The largest absolute Gasteiger partial charge is 0.350 e. The van der Waals surface area contributed by atoms with Gasteiger partial charge in [-0.15, -0.1) is 0 Å². The number of aromatic nitrogens is 4. The molecule has 6 nitrogen and oxygen atoms in total. The molecule has 170 valence electrons. The predicted octanol–water partition coefficient (Wildman–Crippen LogP) is 5.81. The van der Waals surface area contributed by atoms with Crippen LogP contribution in [0.25, 0.3) is 22.6 Å². The smallest absolute Gasteiger partial charge is 0.225 e. The van der Waals surface area contributed by atoms with Crippen LogP contribution in [-0.2, 0) is 13.1 Å². The Morgan fingerprint density at radius 1 is 1.06 bits per heavy atom. The fraction of sp³-hybridized carbons (Fsp3) is 0.261. The quantitative estimate of drug-likeness (QED) is 0.346. The van der Waals surface area contributed by atoms with Gasteiger partial charge < -0.3 is 15.2 Å². The minimum absolute atomic E-state index is 0.0789. The Labute approximate surface area is 205 Å². The first-order valence-electron chi connectivity index (χ1n) is 10.6. The molecule has 1 fully saturated rings. The summed E-state index contributed by atoms with van der Waals surface area (Å²) in [7, 11) is 0. The molecule has 0 amide bonds. The van der Waals surface area contributed by atoms with E-state index in [1.165, 1.54) is 6.07 Å². The van der Waals surface area contributed by atoms with E-state index < -0.39 is 5.82 Å². The topological polar surface area (TPSA) is 67.7 Å². The van der Waals surface area contributed by atoms with Crippen LogP contribution < -0.4 is 10.6 Å². The molecule has 1 atom stereocenters. The Morgan fingerprint density at radius 2 is 1.82 bits per heavy atom. The molecule has 0 bridgehead atoms. The van der Waals surface area contributed by atoms with Gasteiger partial charge in [-0.25, -0.2) is 14.4 Å². The minimum Gasteiger partial charge on any atom is -0.350 e. The Morgan fingerprint density at radius 3 is 2.58 bits per heavy atom. The van der Waals surface area contributed by atoms with Gasteiger partial charge in [0.05, 0.1) is 26.8 Å².